The summed E-state index contributed by atoms with van der Waals surface area (Å²) in [6, 6.07) is 8.81. The van der Waals surface area contributed by atoms with Crippen molar-refractivity contribution in [2.24, 2.45) is 5.73 Å². The second-order valence-electron chi connectivity index (χ2n) is 27.1. The molecule has 26 nitrogen and oxygen atoms in total. The Bertz CT molecular complexity index is 4480. The molecule has 17 N–H and O–H groups in total. The highest BCUT2D eigenvalue weighted by Gasteiger charge is 2.42. The molecule has 106 heavy (non-hydrogen) atoms. The van der Waals surface area contributed by atoms with Gasteiger partial charge in [-0.1, -0.05) is 151 Å². The number of unbranched alkanes of at least 4 members (excludes halogenated alkanes) is 15. The van der Waals surface area contributed by atoms with Crippen LogP contribution in [0.5, 0.6) is 69.0 Å². The molecule has 13 rings (SSSR count). The van der Waals surface area contributed by atoms with E-state index < -0.39 is 136 Å². The Morgan fingerprint density at radius 3 is 1.67 bits per heavy atom. The highest BCUT2D eigenvalue weighted by molar-refractivity contribution is 6.32. The summed E-state index contributed by atoms with van der Waals surface area (Å²) in [4.78, 5) is 106. The third-order valence-electron chi connectivity index (χ3n) is 19.5. The average Bonchev–Trinajstić information content (AvgIpc) is 0.756. The van der Waals surface area contributed by atoms with Gasteiger partial charge in [-0.05, 0) is 131 Å². The first-order valence-corrected chi connectivity index (χ1v) is 36.5. The molecule has 7 aromatic carbocycles. The lowest BCUT2D eigenvalue weighted by Gasteiger charge is -2.31. The number of hydrogen-bond donors (Lipinski definition) is 16. The number of carbonyl (C=O) groups is 7. The Balaban J connectivity index is 0.994. The number of amides is 7. The van der Waals surface area contributed by atoms with Gasteiger partial charge in [0.05, 0.1) is 15.6 Å². The maximum absolute atomic E-state index is 16.1. The lowest BCUT2D eigenvalue weighted by atomic mass is 9.87. The zero-order chi connectivity index (χ0) is 75.5. The summed E-state index contributed by atoms with van der Waals surface area (Å²) in [6.45, 7) is 2.56. The number of benzene rings is 7. The van der Waals surface area contributed by atoms with Crippen molar-refractivity contribution in [2.75, 3.05) is 13.6 Å². The van der Waals surface area contributed by atoms with Gasteiger partial charge in [-0.3, -0.25) is 33.6 Å². The molecule has 0 aliphatic carbocycles. The van der Waals surface area contributed by atoms with Gasteiger partial charge in [0.1, 0.15) is 88.6 Å². The number of rotatable bonds is 20. The van der Waals surface area contributed by atoms with Crippen molar-refractivity contribution < 1.29 is 83.5 Å². The number of aliphatic hydroxyl groups is 1. The van der Waals surface area contributed by atoms with E-state index in [-0.39, 0.29) is 96.1 Å². The maximum atomic E-state index is 16.1. The molecule has 7 amide bonds. The minimum Gasteiger partial charge on any atom is -0.508 e. The van der Waals surface area contributed by atoms with Crippen LogP contribution in [0.4, 0.5) is 0 Å². The van der Waals surface area contributed by atoms with Crippen LogP contribution in [0.15, 0.2) is 109 Å². The maximum Gasteiger partial charge on any atom is 0.248 e. The number of phenols is 6. The van der Waals surface area contributed by atoms with Crippen molar-refractivity contribution >= 4 is 64.6 Å². The molecule has 560 valence electrons. The molecule has 28 heteroatoms. The summed E-state index contributed by atoms with van der Waals surface area (Å²) >= 11 is 13.9. The number of fused-ring (bicyclic) bond motifs is 14. The largest absolute Gasteiger partial charge is 0.508 e. The van der Waals surface area contributed by atoms with Crippen LogP contribution in [0.1, 0.15) is 190 Å². The number of likely N-dealkylation sites (N-methyl/N-ethyl adjacent to an activating group) is 1. The second kappa shape index (κ2) is 34.6. The van der Waals surface area contributed by atoms with Gasteiger partial charge in [0.15, 0.2) is 23.0 Å². The van der Waals surface area contributed by atoms with Crippen molar-refractivity contribution in [3.8, 4) is 80.1 Å². The molecule has 0 saturated heterocycles. The number of carbonyl (C=O) groups excluding carboxylic acids is 7. The molecular weight excluding hydrogens is 1410 g/mol. The van der Waals surface area contributed by atoms with Crippen molar-refractivity contribution in [1.82, 2.24) is 42.5 Å². The van der Waals surface area contributed by atoms with E-state index in [4.69, 9.17) is 43.1 Å². The molecule has 0 saturated carbocycles. The topological polar surface area (TPSA) is 411 Å². The van der Waals surface area contributed by atoms with E-state index in [1.807, 2.05) is 0 Å². The molecule has 0 spiro atoms. The third kappa shape index (κ3) is 17.9. The van der Waals surface area contributed by atoms with E-state index in [1.165, 1.54) is 150 Å². The van der Waals surface area contributed by atoms with Crippen LogP contribution in [0.2, 0.25) is 10.0 Å². The van der Waals surface area contributed by atoms with Gasteiger partial charge in [-0.25, -0.2) is 0 Å². The number of nitrogens with two attached hydrogens (primary N) is 1. The fourth-order valence-corrected chi connectivity index (χ4v) is 14.1. The SMILES string of the molecule is CCCCCCCCCCCCCCCCCCNCc1c(O)cc2c(c1O)-c1cc(ccc1O)C1NC(=O)C3NC(=O)C4NC(=O)C(Cc5ccc(c(Cl)c5)Oc5cc3cc(c5O)Oc3ccc(cc3Cl)C(O)C(NC1=O)C(=O)N[C@H]2C(=O)NC)NC(=O)C(N)c1ccc(O)c(c1)Oc1cc(O)cc4c1. The Hall–Kier alpha value is -10.5. The number of aliphatic hydroxyl groups excluding tert-OH is 1. The number of hydrogen-bond acceptors (Lipinski definition) is 19. The molecule has 6 aliphatic rings. The van der Waals surface area contributed by atoms with Gasteiger partial charge in [-0.15, -0.1) is 0 Å². The van der Waals surface area contributed by atoms with Gasteiger partial charge in [-0.2, -0.15) is 0 Å². The first kappa shape index (κ1) is 76.6. The molecule has 0 fully saturated rings. The zero-order valence-corrected chi connectivity index (χ0v) is 60.0. The molecule has 6 aliphatic heterocycles. The normalized spacial score (nSPS) is 20.0. The van der Waals surface area contributed by atoms with Crippen LogP contribution in [0.3, 0.4) is 0 Å². The smallest absolute Gasteiger partial charge is 0.248 e. The number of halogens is 2. The predicted octanol–water partition coefficient (Wildman–Crippen LogP) is 11.0. The Kier molecular flexibility index (Phi) is 25.0. The zero-order valence-electron chi connectivity index (χ0n) is 58.5. The minimum atomic E-state index is -2.16. The molecule has 0 aromatic heterocycles. The summed E-state index contributed by atoms with van der Waals surface area (Å²) in [5.41, 5.74) is 5.08. The van der Waals surface area contributed by atoms with Crippen LogP contribution < -0.4 is 62.5 Å². The standard InChI is InChI=1S/C78H87Cl2N9O17/c1-3-4-5-6-7-8-9-10-11-12-13-14-15-16-17-18-27-83-39-50-56(93)38-49-62(70(50)95)48-32-42(21-23-54(48)91)64-75(100)89-68(78(103)88-67(49)74(99)82-2)69(94)43-22-26-58(52(80)33-43)106-61-36-45-35-60(71(61)96)105-57-25-19-40(28-51(57)79)29-53-72(97)85-65(76(101)87-66(45)77(102)86-64)44-30-46(90)37-47(31-44)104-59-34-41(20-24-55(59)92)63(81)73(98)84-53/h19-26,28,30-38,53,63-69,83,90-96H,3-18,27,29,39,81H2,1-2H3,(H,82,99)(H,84,98)(H,85,97)(H,86,102)(H,87,101)(H,88,103)(H,89,100)/t53?,63?,64?,65?,66?,67-,68?,69?/m1/s1. The molecular formula is C78H87Cl2N9O17. The Labute approximate surface area is 621 Å². The highest BCUT2D eigenvalue weighted by Crippen LogP contribution is 2.49. The Morgan fingerprint density at radius 2 is 1.05 bits per heavy atom. The van der Waals surface area contributed by atoms with E-state index in [0.717, 1.165) is 68.5 Å². The molecule has 17 bridgehead atoms. The van der Waals surface area contributed by atoms with E-state index in [0.29, 0.717) is 12.1 Å². The van der Waals surface area contributed by atoms with Crippen LogP contribution in [0.25, 0.3) is 11.1 Å². The number of nitrogens with one attached hydrogen (secondary N) is 8. The summed E-state index contributed by atoms with van der Waals surface area (Å²) in [5.74, 6) is -13.2. The summed E-state index contributed by atoms with van der Waals surface area (Å²) in [7, 11) is 1.25. The molecule has 8 atom stereocenters. The predicted molar refractivity (Wildman–Crippen MR) is 393 cm³/mol. The molecule has 6 heterocycles. The summed E-state index contributed by atoms with van der Waals surface area (Å²) in [5, 5.41) is 105. The number of phenolic OH excluding ortho intramolecular Hbond substituents is 6. The van der Waals surface area contributed by atoms with Crippen LogP contribution in [0, 0.1) is 0 Å². The average molecular weight is 1490 g/mol. The number of ether oxygens (including phenoxy) is 3. The third-order valence-corrected chi connectivity index (χ3v) is 20.1. The monoisotopic (exact) mass is 1490 g/mol. The quantitative estimate of drug-likeness (QED) is 0.0315. The molecule has 0 radical (unpaired) electrons. The van der Waals surface area contributed by atoms with Crippen LogP contribution in [-0.4, -0.2) is 103 Å². The van der Waals surface area contributed by atoms with Gasteiger partial charge < -0.3 is 98.2 Å². The van der Waals surface area contributed by atoms with Crippen molar-refractivity contribution in [3.63, 3.8) is 0 Å². The first-order valence-electron chi connectivity index (χ1n) is 35.7. The molecule has 7 aromatic rings. The van der Waals surface area contributed by atoms with Gasteiger partial charge in [0, 0.05) is 37.2 Å². The second-order valence-corrected chi connectivity index (χ2v) is 27.9. The summed E-state index contributed by atoms with van der Waals surface area (Å²) in [6.07, 6.45) is 16.5. The van der Waals surface area contributed by atoms with Crippen LogP contribution >= 0.6 is 23.2 Å². The van der Waals surface area contributed by atoms with Gasteiger partial charge in [0.25, 0.3) is 0 Å². The van der Waals surface area contributed by atoms with E-state index in [1.54, 1.807) is 0 Å². The molecule has 7 unspecified atom stereocenters. The lowest BCUT2D eigenvalue weighted by molar-refractivity contribution is -0.137. The van der Waals surface area contributed by atoms with Crippen molar-refractivity contribution in [3.05, 3.63) is 164 Å². The van der Waals surface area contributed by atoms with Crippen molar-refractivity contribution in [2.45, 2.75) is 171 Å². The fourth-order valence-electron chi connectivity index (χ4n) is 13.6. The Morgan fingerprint density at radius 1 is 0.500 bits per heavy atom. The number of aromatic hydroxyl groups is 6. The highest BCUT2D eigenvalue weighted by atomic mass is 35.5. The first-order chi connectivity index (χ1) is 51.0. The van der Waals surface area contributed by atoms with Crippen LogP contribution in [-0.2, 0) is 46.5 Å². The van der Waals surface area contributed by atoms with Crippen molar-refractivity contribution in [1.29, 1.82) is 0 Å². The minimum absolute atomic E-state index is 0.0842. The lowest BCUT2D eigenvalue weighted by Crippen LogP contribution is -2.55. The van der Waals surface area contributed by atoms with E-state index in [9.17, 15) is 45.3 Å². The van der Waals surface area contributed by atoms with E-state index >= 15 is 24.0 Å². The fraction of sp³-hybridized carbons (Fsp3) is 0.372. The van der Waals surface area contributed by atoms with Gasteiger partial charge >= 0.3 is 0 Å². The summed E-state index contributed by atoms with van der Waals surface area (Å²) < 4.78 is 18.7. The van der Waals surface area contributed by atoms with Gasteiger partial charge in [0.2, 0.25) is 47.1 Å². The van der Waals surface area contributed by atoms with E-state index in [2.05, 4.69) is 49.5 Å².